The summed E-state index contributed by atoms with van der Waals surface area (Å²) in [5.74, 6) is -0.221. The first kappa shape index (κ1) is 14.9. The maximum Gasteiger partial charge on any atom is 0.236 e. The van der Waals surface area contributed by atoms with E-state index in [4.69, 9.17) is 0 Å². The van der Waals surface area contributed by atoms with Crippen LogP contribution >= 0.6 is 0 Å². The molecule has 0 bridgehead atoms. The normalized spacial score (nSPS) is 16.7. The quantitative estimate of drug-likeness (QED) is 0.896. The predicted molar refractivity (Wildman–Crippen MR) is 76.8 cm³/mol. The van der Waals surface area contributed by atoms with Crippen molar-refractivity contribution in [3.05, 3.63) is 35.6 Å². The summed E-state index contributed by atoms with van der Waals surface area (Å²) in [5, 5.41) is 3.31. The third kappa shape index (κ3) is 4.28. The van der Waals surface area contributed by atoms with E-state index in [-0.39, 0.29) is 11.7 Å². The molecule has 1 N–H and O–H groups in total. The molecular weight excluding hydrogens is 257 g/mol. The second-order valence-corrected chi connectivity index (χ2v) is 5.22. The summed E-state index contributed by atoms with van der Waals surface area (Å²) in [5.41, 5.74) is 0.556. The first-order valence-electron chi connectivity index (χ1n) is 7.07. The molecule has 0 spiro atoms. The summed E-state index contributed by atoms with van der Waals surface area (Å²) in [6.45, 7) is 4.48. The van der Waals surface area contributed by atoms with Crippen molar-refractivity contribution in [3.63, 3.8) is 0 Å². The van der Waals surface area contributed by atoms with Crippen LogP contribution in [0.25, 0.3) is 0 Å². The van der Waals surface area contributed by atoms with Crippen LogP contribution in [0.4, 0.5) is 4.39 Å². The molecule has 1 amide bonds. The van der Waals surface area contributed by atoms with E-state index in [2.05, 4.69) is 10.2 Å². The third-order valence-electron chi connectivity index (χ3n) is 3.58. The van der Waals surface area contributed by atoms with Gasteiger partial charge in [-0.25, -0.2) is 4.39 Å². The van der Waals surface area contributed by atoms with Gasteiger partial charge in [-0.2, -0.15) is 0 Å². The molecule has 0 atom stereocenters. The molecule has 1 heterocycles. The number of benzene rings is 1. The third-order valence-corrected chi connectivity index (χ3v) is 3.58. The van der Waals surface area contributed by atoms with Gasteiger partial charge in [-0.3, -0.25) is 9.69 Å². The van der Waals surface area contributed by atoms with Crippen LogP contribution in [0.3, 0.4) is 0 Å². The van der Waals surface area contributed by atoms with Crippen molar-refractivity contribution in [1.29, 1.82) is 0 Å². The zero-order chi connectivity index (χ0) is 14.4. The van der Waals surface area contributed by atoms with Crippen LogP contribution in [0, 0.1) is 5.82 Å². The molecule has 1 aromatic carbocycles. The molecule has 2 rings (SSSR count). The van der Waals surface area contributed by atoms with Gasteiger partial charge >= 0.3 is 0 Å². The Morgan fingerprint density at radius 1 is 1.35 bits per heavy atom. The van der Waals surface area contributed by atoms with E-state index in [0.717, 1.165) is 32.6 Å². The van der Waals surface area contributed by atoms with E-state index >= 15 is 0 Å². The summed E-state index contributed by atoms with van der Waals surface area (Å²) in [4.78, 5) is 15.9. The zero-order valence-electron chi connectivity index (χ0n) is 11.9. The molecule has 20 heavy (non-hydrogen) atoms. The molecule has 4 nitrogen and oxygen atoms in total. The number of nitrogens with one attached hydrogen (secondary N) is 1. The van der Waals surface area contributed by atoms with E-state index in [1.807, 2.05) is 0 Å². The van der Waals surface area contributed by atoms with Crippen molar-refractivity contribution in [2.75, 3.05) is 39.8 Å². The monoisotopic (exact) mass is 279 g/mol. The minimum absolute atomic E-state index is 0.0372. The fraction of sp³-hybridized carbons (Fsp3) is 0.533. The van der Waals surface area contributed by atoms with E-state index < -0.39 is 0 Å². The lowest BCUT2D eigenvalue weighted by Crippen LogP contribution is -2.39. The second kappa shape index (κ2) is 7.36. The number of amides is 1. The lowest BCUT2D eigenvalue weighted by atomic mass is 10.2. The van der Waals surface area contributed by atoms with Crippen molar-refractivity contribution in [2.45, 2.75) is 13.0 Å². The van der Waals surface area contributed by atoms with Crippen LogP contribution in [0.1, 0.15) is 12.0 Å². The zero-order valence-corrected chi connectivity index (χ0v) is 11.9. The van der Waals surface area contributed by atoms with Gasteiger partial charge in [0.05, 0.1) is 6.54 Å². The summed E-state index contributed by atoms with van der Waals surface area (Å²) >= 11 is 0. The fourth-order valence-corrected chi connectivity index (χ4v) is 2.34. The lowest BCUT2D eigenvalue weighted by molar-refractivity contribution is -0.131. The predicted octanol–water partition coefficient (Wildman–Crippen LogP) is 1.08. The maximum absolute atomic E-state index is 13.6. The molecule has 0 radical (unpaired) electrons. The van der Waals surface area contributed by atoms with Crippen molar-refractivity contribution in [1.82, 2.24) is 15.1 Å². The van der Waals surface area contributed by atoms with Crippen molar-refractivity contribution in [2.24, 2.45) is 0 Å². The first-order chi connectivity index (χ1) is 9.66. The lowest BCUT2D eigenvalue weighted by Gasteiger charge is -2.23. The Balaban J connectivity index is 1.87. The van der Waals surface area contributed by atoms with Crippen LogP contribution in [0.15, 0.2) is 24.3 Å². The van der Waals surface area contributed by atoms with Crippen LogP contribution in [0.5, 0.6) is 0 Å². The van der Waals surface area contributed by atoms with Gasteiger partial charge in [-0.05, 0) is 25.6 Å². The highest BCUT2D eigenvalue weighted by atomic mass is 19.1. The Bertz CT molecular complexity index is 444. The number of likely N-dealkylation sites (N-methyl/N-ethyl adjacent to an activating group) is 1. The smallest absolute Gasteiger partial charge is 0.236 e. The summed E-state index contributed by atoms with van der Waals surface area (Å²) < 4.78 is 13.6. The highest BCUT2D eigenvalue weighted by Gasteiger charge is 2.16. The molecule has 110 valence electrons. The molecule has 1 aromatic rings. The molecule has 5 heteroatoms. The van der Waals surface area contributed by atoms with Crippen LogP contribution in [-0.2, 0) is 11.3 Å². The van der Waals surface area contributed by atoms with Crippen LogP contribution in [0.2, 0.25) is 0 Å². The fourth-order valence-electron chi connectivity index (χ4n) is 2.34. The number of hydrogen-bond donors (Lipinski definition) is 1. The molecule has 1 aliphatic rings. The van der Waals surface area contributed by atoms with Crippen LogP contribution in [-0.4, -0.2) is 55.5 Å². The number of carbonyl (C=O) groups excluding carboxylic acids is 1. The van der Waals surface area contributed by atoms with Gasteiger partial charge in [-0.15, -0.1) is 0 Å². The Morgan fingerprint density at radius 2 is 2.15 bits per heavy atom. The number of halogens is 1. The Labute approximate surface area is 119 Å². The van der Waals surface area contributed by atoms with Crippen molar-refractivity contribution in [3.8, 4) is 0 Å². The molecule has 0 saturated carbocycles. The van der Waals surface area contributed by atoms with E-state index in [0.29, 0.717) is 18.7 Å². The summed E-state index contributed by atoms with van der Waals surface area (Å²) in [7, 11) is 1.73. The SMILES string of the molecule is CN(Cc1ccccc1F)C(=O)CN1CCCNCC1. The van der Waals surface area contributed by atoms with Gasteiger partial charge in [0.25, 0.3) is 0 Å². The Morgan fingerprint density at radius 3 is 2.95 bits per heavy atom. The highest BCUT2D eigenvalue weighted by molar-refractivity contribution is 5.78. The van der Waals surface area contributed by atoms with E-state index in [9.17, 15) is 9.18 Å². The maximum atomic E-state index is 13.6. The van der Waals surface area contributed by atoms with E-state index in [1.165, 1.54) is 6.07 Å². The summed E-state index contributed by atoms with van der Waals surface area (Å²) in [6, 6.07) is 6.59. The Hall–Kier alpha value is -1.46. The van der Waals surface area contributed by atoms with Gasteiger partial charge in [-0.1, -0.05) is 18.2 Å². The number of nitrogens with zero attached hydrogens (tertiary/aromatic N) is 2. The standard InChI is InChI=1S/C15H22FN3O/c1-18(11-13-5-2-3-6-14(13)16)15(20)12-19-9-4-7-17-8-10-19/h2-3,5-6,17H,4,7-12H2,1H3. The molecule has 1 saturated heterocycles. The van der Waals surface area contributed by atoms with Crippen molar-refractivity contribution < 1.29 is 9.18 Å². The average Bonchev–Trinajstić information content (AvgIpc) is 2.70. The van der Waals surface area contributed by atoms with Gasteiger partial charge in [0.2, 0.25) is 5.91 Å². The minimum atomic E-state index is -0.258. The molecular formula is C15H22FN3O. The largest absolute Gasteiger partial charge is 0.340 e. The molecule has 0 unspecified atom stereocenters. The van der Waals surface area contributed by atoms with Crippen LogP contribution < -0.4 is 5.32 Å². The number of rotatable bonds is 4. The first-order valence-corrected chi connectivity index (χ1v) is 7.07. The van der Waals surface area contributed by atoms with Gasteiger partial charge in [0, 0.05) is 32.2 Å². The molecule has 1 aliphatic heterocycles. The number of carbonyl (C=O) groups is 1. The minimum Gasteiger partial charge on any atom is -0.340 e. The van der Waals surface area contributed by atoms with Gasteiger partial charge in [0.1, 0.15) is 5.82 Å². The van der Waals surface area contributed by atoms with E-state index in [1.54, 1.807) is 30.1 Å². The summed E-state index contributed by atoms with van der Waals surface area (Å²) in [6.07, 6.45) is 1.06. The average molecular weight is 279 g/mol. The molecule has 0 aliphatic carbocycles. The second-order valence-electron chi connectivity index (χ2n) is 5.22. The number of hydrogen-bond acceptors (Lipinski definition) is 3. The molecule has 0 aromatic heterocycles. The Kier molecular flexibility index (Phi) is 5.49. The van der Waals surface area contributed by atoms with Gasteiger partial charge in [0.15, 0.2) is 0 Å². The molecule has 1 fully saturated rings. The van der Waals surface area contributed by atoms with Gasteiger partial charge < -0.3 is 10.2 Å². The van der Waals surface area contributed by atoms with Crippen molar-refractivity contribution >= 4 is 5.91 Å². The highest BCUT2D eigenvalue weighted by Crippen LogP contribution is 2.09. The topological polar surface area (TPSA) is 35.6 Å².